The summed E-state index contributed by atoms with van der Waals surface area (Å²) in [4.78, 5) is 47.2. The standard InChI is InChI=1S/C27H24ClN3O6/c1-26(2,3)36-25(33)29-21-12-8-7-11-20(21)27(24(29)32)23(31(34)35)22(17-9-5-4-6-10-17)37-30(27)19-15-13-18(28)14-16-19/h4-16,22-23H,1-3H3/t22-,23-,27-/m0/s1. The van der Waals surface area contributed by atoms with Crippen LogP contribution in [0, 0.1) is 10.1 Å². The fourth-order valence-electron chi connectivity index (χ4n) is 4.94. The fraction of sp³-hybridized carbons (Fsp3) is 0.259. The second-order valence-electron chi connectivity index (χ2n) is 9.84. The Morgan fingerprint density at radius 2 is 1.65 bits per heavy atom. The van der Waals surface area contributed by atoms with E-state index in [9.17, 15) is 19.7 Å². The van der Waals surface area contributed by atoms with E-state index >= 15 is 0 Å². The molecule has 2 aliphatic rings. The first-order valence-electron chi connectivity index (χ1n) is 11.6. The predicted molar refractivity (Wildman–Crippen MR) is 137 cm³/mol. The monoisotopic (exact) mass is 521 g/mol. The van der Waals surface area contributed by atoms with Crippen LogP contribution >= 0.6 is 11.6 Å². The number of hydrogen-bond donors (Lipinski definition) is 0. The van der Waals surface area contributed by atoms with Crippen LogP contribution in [0.25, 0.3) is 0 Å². The van der Waals surface area contributed by atoms with Crippen molar-refractivity contribution in [1.82, 2.24) is 0 Å². The Balaban J connectivity index is 1.78. The van der Waals surface area contributed by atoms with Crippen LogP contribution in [0.1, 0.15) is 38.0 Å². The average molecular weight is 522 g/mol. The molecule has 0 aromatic heterocycles. The van der Waals surface area contributed by atoms with E-state index in [1.165, 1.54) is 5.06 Å². The van der Waals surface area contributed by atoms with E-state index in [0.717, 1.165) is 4.90 Å². The number of nitrogens with zero attached hydrogens (tertiary/aromatic N) is 3. The number of ether oxygens (including phenoxy) is 1. The molecule has 0 saturated carbocycles. The number of para-hydroxylation sites is 1. The van der Waals surface area contributed by atoms with Gasteiger partial charge in [0.25, 0.3) is 11.9 Å². The number of carbonyl (C=O) groups excluding carboxylic acids is 2. The topological polar surface area (TPSA) is 102 Å². The Morgan fingerprint density at radius 1 is 1.03 bits per heavy atom. The maximum atomic E-state index is 14.4. The third kappa shape index (κ3) is 3.91. The number of amides is 2. The number of benzene rings is 3. The third-order valence-electron chi connectivity index (χ3n) is 6.33. The van der Waals surface area contributed by atoms with Crippen molar-refractivity contribution in [2.75, 3.05) is 9.96 Å². The van der Waals surface area contributed by atoms with Crippen molar-refractivity contribution in [2.45, 2.75) is 44.1 Å². The molecule has 0 aliphatic carbocycles. The number of carbonyl (C=O) groups is 2. The Morgan fingerprint density at radius 3 is 2.27 bits per heavy atom. The summed E-state index contributed by atoms with van der Waals surface area (Å²) in [5.41, 5.74) is -1.57. The van der Waals surface area contributed by atoms with Crippen LogP contribution in [-0.4, -0.2) is 28.6 Å². The normalized spacial score (nSPS) is 22.9. The average Bonchev–Trinajstić information content (AvgIpc) is 3.33. The minimum Gasteiger partial charge on any atom is -0.443 e. The maximum absolute atomic E-state index is 14.4. The number of nitro groups is 1. The van der Waals surface area contributed by atoms with E-state index in [2.05, 4.69) is 0 Å². The quantitative estimate of drug-likeness (QED) is 0.324. The molecule has 10 heteroatoms. The van der Waals surface area contributed by atoms with Crippen molar-refractivity contribution in [3.63, 3.8) is 0 Å². The van der Waals surface area contributed by atoms with Crippen LogP contribution < -0.4 is 9.96 Å². The molecule has 0 unspecified atom stereocenters. The number of rotatable bonds is 3. The van der Waals surface area contributed by atoms with Crippen molar-refractivity contribution < 1.29 is 24.1 Å². The van der Waals surface area contributed by atoms with Crippen LogP contribution in [0.5, 0.6) is 0 Å². The van der Waals surface area contributed by atoms with E-state index in [0.29, 0.717) is 16.3 Å². The number of halogens is 1. The van der Waals surface area contributed by atoms with Gasteiger partial charge < -0.3 is 4.74 Å². The number of anilines is 2. The van der Waals surface area contributed by atoms with Crippen molar-refractivity contribution in [1.29, 1.82) is 0 Å². The molecule has 1 spiro atoms. The molecular weight excluding hydrogens is 498 g/mol. The number of hydroxylamine groups is 1. The molecular formula is C27H24ClN3O6. The summed E-state index contributed by atoms with van der Waals surface area (Å²) in [5.74, 6) is -0.835. The molecule has 3 aromatic rings. The highest BCUT2D eigenvalue weighted by Crippen LogP contribution is 2.56. The Labute approximate surface area is 218 Å². The number of hydrogen-bond acceptors (Lipinski definition) is 7. The summed E-state index contributed by atoms with van der Waals surface area (Å²) in [7, 11) is 0. The van der Waals surface area contributed by atoms with Crippen molar-refractivity contribution in [3.05, 3.63) is 105 Å². The molecule has 0 radical (unpaired) electrons. The summed E-state index contributed by atoms with van der Waals surface area (Å²) in [5, 5.41) is 14.5. The van der Waals surface area contributed by atoms with Crippen LogP contribution in [0.3, 0.4) is 0 Å². The Kier molecular flexibility index (Phi) is 5.92. The lowest BCUT2D eigenvalue weighted by atomic mass is 9.80. The summed E-state index contributed by atoms with van der Waals surface area (Å²) >= 11 is 6.11. The summed E-state index contributed by atoms with van der Waals surface area (Å²) < 4.78 is 5.54. The smallest absolute Gasteiger partial charge is 0.421 e. The second kappa shape index (κ2) is 8.86. The van der Waals surface area contributed by atoms with Crippen molar-refractivity contribution >= 4 is 35.0 Å². The van der Waals surface area contributed by atoms with E-state index in [1.54, 1.807) is 99.6 Å². The van der Waals surface area contributed by atoms with Crippen LogP contribution in [-0.2, 0) is 19.9 Å². The largest absolute Gasteiger partial charge is 0.443 e. The molecule has 2 aliphatic heterocycles. The first-order valence-corrected chi connectivity index (χ1v) is 12.0. The zero-order chi connectivity index (χ0) is 26.5. The highest BCUT2D eigenvalue weighted by Gasteiger charge is 2.74. The molecule has 37 heavy (non-hydrogen) atoms. The van der Waals surface area contributed by atoms with Crippen LogP contribution in [0.2, 0.25) is 5.02 Å². The molecule has 3 atom stereocenters. The fourth-order valence-corrected chi connectivity index (χ4v) is 5.07. The van der Waals surface area contributed by atoms with Crippen LogP contribution in [0.4, 0.5) is 16.2 Å². The van der Waals surface area contributed by atoms with Gasteiger partial charge in [-0.3, -0.25) is 19.7 Å². The predicted octanol–water partition coefficient (Wildman–Crippen LogP) is 5.66. The minimum absolute atomic E-state index is 0.199. The minimum atomic E-state index is -2.01. The van der Waals surface area contributed by atoms with Gasteiger partial charge >= 0.3 is 6.09 Å². The number of fused-ring (bicyclic) bond motifs is 2. The highest BCUT2D eigenvalue weighted by atomic mass is 35.5. The maximum Gasteiger partial charge on any atom is 0.421 e. The first kappa shape index (κ1) is 24.7. The Hall–Kier alpha value is -3.95. The third-order valence-corrected chi connectivity index (χ3v) is 6.58. The molecule has 1 saturated heterocycles. The zero-order valence-electron chi connectivity index (χ0n) is 20.3. The van der Waals surface area contributed by atoms with Crippen molar-refractivity contribution in [3.8, 4) is 0 Å². The SMILES string of the molecule is CC(C)(C)OC(=O)N1C(=O)[C@]2(c3ccccc31)[C@@H]([N+](=O)[O-])[C@H](c1ccccc1)ON2c1ccc(Cl)cc1. The van der Waals surface area contributed by atoms with Gasteiger partial charge in [-0.05, 0) is 56.7 Å². The van der Waals surface area contributed by atoms with Gasteiger partial charge in [-0.25, -0.2) is 14.8 Å². The van der Waals surface area contributed by atoms with Crippen LogP contribution in [0.15, 0.2) is 78.9 Å². The molecule has 2 amide bonds. The molecule has 190 valence electrons. The summed E-state index contributed by atoms with van der Waals surface area (Å²) in [6.45, 7) is 5.03. The zero-order valence-corrected chi connectivity index (χ0v) is 21.1. The number of imide groups is 1. The molecule has 2 heterocycles. The van der Waals surface area contributed by atoms with Gasteiger partial charge in [0.05, 0.1) is 11.4 Å². The molecule has 0 bridgehead atoms. The van der Waals surface area contributed by atoms with Gasteiger partial charge in [0.15, 0.2) is 6.10 Å². The van der Waals surface area contributed by atoms with E-state index in [-0.39, 0.29) is 11.3 Å². The summed E-state index contributed by atoms with van der Waals surface area (Å²) in [6.07, 6.45) is -2.06. The molecule has 9 nitrogen and oxygen atoms in total. The molecule has 1 fully saturated rings. The molecule has 0 N–H and O–H groups in total. The second-order valence-corrected chi connectivity index (χ2v) is 10.3. The molecule has 3 aromatic carbocycles. The van der Waals surface area contributed by atoms with Gasteiger partial charge in [-0.1, -0.05) is 60.1 Å². The van der Waals surface area contributed by atoms with Gasteiger partial charge in [0.1, 0.15) is 5.60 Å². The Bertz CT molecular complexity index is 1370. The van der Waals surface area contributed by atoms with Crippen molar-refractivity contribution in [2.24, 2.45) is 0 Å². The van der Waals surface area contributed by atoms with Gasteiger partial charge in [0.2, 0.25) is 5.54 Å². The van der Waals surface area contributed by atoms with E-state index in [1.807, 2.05) is 0 Å². The van der Waals surface area contributed by atoms with Gasteiger partial charge in [0, 0.05) is 15.5 Å². The van der Waals surface area contributed by atoms with Gasteiger partial charge in [-0.15, -0.1) is 0 Å². The highest BCUT2D eigenvalue weighted by molar-refractivity contribution is 6.30. The molecule has 5 rings (SSSR count). The lowest BCUT2D eigenvalue weighted by Gasteiger charge is -2.33. The van der Waals surface area contributed by atoms with E-state index in [4.69, 9.17) is 21.2 Å². The lowest BCUT2D eigenvalue weighted by Crippen LogP contribution is -2.58. The van der Waals surface area contributed by atoms with E-state index < -0.39 is 40.2 Å². The first-order chi connectivity index (χ1) is 17.6. The van der Waals surface area contributed by atoms with Gasteiger partial charge in [-0.2, -0.15) is 0 Å². The lowest BCUT2D eigenvalue weighted by molar-refractivity contribution is -0.535. The summed E-state index contributed by atoms with van der Waals surface area (Å²) in [6, 6.07) is 20.0.